The van der Waals surface area contributed by atoms with E-state index in [1.165, 1.54) is 17.7 Å². The summed E-state index contributed by atoms with van der Waals surface area (Å²) >= 11 is 0. The topological polar surface area (TPSA) is 117 Å². The van der Waals surface area contributed by atoms with Crippen molar-refractivity contribution in [2.75, 3.05) is 25.1 Å². The van der Waals surface area contributed by atoms with E-state index in [1.54, 1.807) is 35.2 Å². The number of methoxy groups -OCH3 is 1. The number of imidazole rings is 1. The molecule has 2 N–H and O–H groups in total. The average Bonchev–Trinajstić information content (AvgIpc) is 3.31. The van der Waals surface area contributed by atoms with Crippen LogP contribution in [-0.4, -0.2) is 50.7 Å². The van der Waals surface area contributed by atoms with E-state index < -0.39 is 41.0 Å². The molecule has 1 aliphatic heterocycles. The van der Waals surface area contributed by atoms with Gasteiger partial charge >= 0.3 is 5.69 Å². The summed E-state index contributed by atoms with van der Waals surface area (Å²) in [7, 11) is 2.55. The molecule has 0 radical (unpaired) electrons. The molecule has 10 nitrogen and oxygen atoms in total. The number of ketones is 1. The van der Waals surface area contributed by atoms with Crippen LogP contribution in [0, 0.1) is 11.6 Å². The number of carbonyl (C=O) groups excluding carboxylic acids is 1. The van der Waals surface area contributed by atoms with Gasteiger partial charge in [0, 0.05) is 31.7 Å². The number of nitrogens with zero attached hydrogens (tertiary/aromatic N) is 5. The molecule has 1 atom stereocenters. The molecule has 1 saturated heterocycles. The van der Waals surface area contributed by atoms with Gasteiger partial charge in [-0.1, -0.05) is 30.3 Å². The first-order valence-corrected chi connectivity index (χ1v) is 12.1. The Balaban J connectivity index is 1.80. The number of anilines is 1. The molecule has 2 aromatic carbocycles. The summed E-state index contributed by atoms with van der Waals surface area (Å²) < 4.78 is 38.0. The van der Waals surface area contributed by atoms with Gasteiger partial charge in [0.05, 0.1) is 19.3 Å². The average molecular weight is 525 g/mol. The van der Waals surface area contributed by atoms with Gasteiger partial charge in [-0.2, -0.15) is 4.98 Å². The molecule has 0 amide bonds. The predicted octanol–water partition coefficient (Wildman–Crippen LogP) is 1.98. The van der Waals surface area contributed by atoms with Crippen molar-refractivity contribution in [2.24, 2.45) is 12.8 Å². The zero-order valence-corrected chi connectivity index (χ0v) is 20.9. The monoisotopic (exact) mass is 524 g/mol. The van der Waals surface area contributed by atoms with Crippen molar-refractivity contribution in [1.29, 1.82) is 0 Å². The van der Waals surface area contributed by atoms with Crippen LogP contribution in [0.2, 0.25) is 0 Å². The maximum atomic E-state index is 15.6. The molecular weight excluding hydrogens is 498 g/mol. The lowest BCUT2D eigenvalue weighted by Crippen LogP contribution is -2.44. The minimum atomic E-state index is -1.05. The second kappa shape index (κ2) is 9.86. The maximum absolute atomic E-state index is 15.6. The van der Waals surface area contributed by atoms with E-state index in [2.05, 4.69) is 4.98 Å². The fourth-order valence-corrected chi connectivity index (χ4v) is 4.82. The van der Waals surface area contributed by atoms with E-state index in [0.29, 0.717) is 18.7 Å². The van der Waals surface area contributed by atoms with Crippen molar-refractivity contribution in [3.8, 4) is 11.4 Å². The lowest BCUT2D eigenvalue weighted by atomic mass is 10.1. The molecule has 12 heteroatoms. The molecular formula is C26H26F2N6O4. The van der Waals surface area contributed by atoms with E-state index in [4.69, 9.17) is 10.5 Å². The van der Waals surface area contributed by atoms with Gasteiger partial charge in [0.15, 0.2) is 34.3 Å². The number of halogens is 2. The molecule has 2 aromatic heterocycles. The Kier molecular flexibility index (Phi) is 6.57. The van der Waals surface area contributed by atoms with Crippen molar-refractivity contribution in [1.82, 2.24) is 18.7 Å². The van der Waals surface area contributed by atoms with E-state index in [0.717, 1.165) is 35.2 Å². The van der Waals surface area contributed by atoms with Crippen molar-refractivity contribution in [3.05, 3.63) is 80.5 Å². The van der Waals surface area contributed by atoms with Crippen molar-refractivity contribution in [3.63, 3.8) is 0 Å². The highest BCUT2D eigenvalue weighted by Gasteiger charge is 2.30. The first-order valence-electron chi connectivity index (χ1n) is 12.1. The van der Waals surface area contributed by atoms with Crippen LogP contribution in [0.5, 0.6) is 5.75 Å². The van der Waals surface area contributed by atoms with Gasteiger partial charge in [0.2, 0.25) is 5.95 Å². The first kappa shape index (κ1) is 25.3. The molecule has 1 fully saturated rings. The highest BCUT2D eigenvalue weighted by molar-refractivity contribution is 5.96. The van der Waals surface area contributed by atoms with Crippen molar-refractivity contribution < 1.29 is 18.3 Å². The molecule has 4 aromatic rings. The number of hydrogen-bond acceptors (Lipinski definition) is 7. The zero-order chi connectivity index (χ0) is 27.1. The number of piperidine rings is 1. The fourth-order valence-electron chi connectivity index (χ4n) is 4.82. The zero-order valence-electron chi connectivity index (χ0n) is 20.9. The van der Waals surface area contributed by atoms with Crippen LogP contribution >= 0.6 is 0 Å². The lowest BCUT2D eigenvalue weighted by Gasteiger charge is -2.32. The normalized spacial score (nSPS) is 15.7. The number of fused-ring (bicyclic) bond motifs is 1. The molecule has 1 unspecified atom stereocenters. The summed E-state index contributed by atoms with van der Waals surface area (Å²) in [4.78, 5) is 46.3. The van der Waals surface area contributed by atoms with Gasteiger partial charge in [-0.3, -0.25) is 23.3 Å². The van der Waals surface area contributed by atoms with Crippen LogP contribution in [0.4, 0.5) is 14.7 Å². The van der Waals surface area contributed by atoms with Crippen LogP contribution in [0.25, 0.3) is 16.9 Å². The number of benzene rings is 2. The molecule has 0 saturated carbocycles. The van der Waals surface area contributed by atoms with Crippen LogP contribution < -0.4 is 26.6 Å². The van der Waals surface area contributed by atoms with E-state index in [-0.39, 0.29) is 28.8 Å². The molecule has 0 bridgehead atoms. The third-order valence-electron chi connectivity index (χ3n) is 6.74. The Morgan fingerprint density at radius 2 is 1.89 bits per heavy atom. The van der Waals surface area contributed by atoms with Crippen molar-refractivity contribution >= 4 is 22.9 Å². The van der Waals surface area contributed by atoms with Crippen LogP contribution in [0.1, 0.15) is 23.2 Å². The Morgan fingerprint density at radius 3 is 2.58 bits per heavy atom. The highest BCUT2D eigenvalue weighted by atomic mass is 19.1. The molecule has 0 spiro atoms. The van der Waals surface area contributed by atoms with Gasteiger partial charge in [-0.15, -0.1) is 0 Å². The first-order chi connectivity index (χ1) is 18.2. The van der Waals surface area contributed by atoms with Crippen LogP contribution in [-0.2, 0) is 13.6 Å². The quantitative estimate of drug-likeness (QED) is 0.384. The molecule has 3 heterocycles. The van der Waals surface area contributed by atoms with E-state index >= 15 is 4.39 Å². The minimum absolute atomic E-state index is 0.0137. The number of Topliss-reactive ketones (excluding diaryl/α,β-unsaturated/α-hetero) is 1. The highest BCUT2D eigenvalue weighted by Crippen LogP contribution is 2.32. The number of nitrogens with two attached hydrogens (primary N) is 1. The van der Waals surface area contributed by atoms with Gasteiger partial charge < -0.3 is 15.4 Å². The smallest absolute Gasteiger partial charge is 0.332 e. The van der Waals surface area contributed by atoms with Gasteiger partial charge in [-0.05, 0) is 25.0 Å². The van der Waals surface area contributed by atoms with Gasteiger partial charge in [-0.25, -0.2) is 13.6 Å². The summed E-state index contributed by atoms with van der Waals surface area (Å²) in [5.74, 6) is -2.88. The number of hydrogen-bond donors (Lipinski definition) is 1. The number of carbonyl (C=O) groups is 1. The summed E-state index contributed by atoms with van der Waals surface area (Å²) in [6, 6.07) is 10.3. The predicted molar refractivity (Wildman–Crippen MR) is 137 cm³/mol. The second-order valence-corrected chi connectivity index (χ2v) is 9.20. The Bertz CT molecular complexity index is 1660. The Morgan fingerprint density at radius 1 is 1.16 bits per heavy atom. The number of aryl methyl sites for hydroxylation is 1. The molecule has 5 rings (SSSR count). The minimum Gasteiger partial charge on any atom is -0.491 e. The van der Waals surface area contributed by atoms with E-state index in [9.17, 15) is 18.8 Å². The second-order valence-electron chi connectivity index (χ2n) is 9.20. The van der Waals surface area contributed by atoms with Crippen LogP contribution in [0.15, 0.2) is 52.1 Å². The van der Waals surface area contributed by atoms with Gasteiger partial charge in [0.25, 0.3) is 5.56 Å². The molecule has 198 valence electrons. The number of rotatable bonds is 6. The largest absolute Gasteiger partial charge is 0.491 e. The SMILES string of the molecule is COc1c(F)ccc(-n2c(N3CCCC(N)C3)nc3c2c(=O)n(CC(=O)c2ccccc2)c(=O)n3C)c1F. The Hall–Kier alpha value is -4.32. The third kappa shape index (κ3) is 4.16. The number of ether oxygens (including phenoxy) is 1. The summed E-state index contributed by atoms with van der Waals surface area (Å²) in [6.07, 6.45) is 1.51. The summed E-state index contributed by atoms with van der Waals surface area (Å²) in [5.41, 5.74) is 4.56. The molecule has 1 aliphatic rings. The summed E-state index contributed by atoms with van der Waals surface area (Å²) in [6.45, 7) is 0.360. The standard InChI is InChI=1S/C26H26F2N6O4/c1-31-23-21(24(36)33(26(31)37)14-19(35)15-7-4-3-5-8-15)34(18-11-10-17(27)22(38-2)20(18)28)25(30-23)32-12-6-9-16(29)13-32/h3-5,7-8,10-11,16H,6,9,12-14,29H2,1-2H3. The fraction of sp³-hybridized carbons (Fsp3) is 0.308. The third-order valence-corrected chi connectivity index (χ3v) is 6.74. The summed E-state index contributed by atoms with van der Waals surface area (Å²) in [5, 5.41) is 0. The lowest BCUT2D eigenvalue weighted by molar-refractivity contribution is 0.0969. The molecule has 38 heavy (non-hydrogen) atoms. The van der Waals surface area contributed by atoms with Gasteiger partial charge in [0.1, 0.15) is 0 Å². The Labute approximate surface area is 215 Å². The maximum Gasteiger partial charge on any atom is 0.332 e. The van der Waals surface area contributed by atoms with Crippen molar-refractivity contribution in [2.45, 2.75) is 25.4 Å². The number of aromatic nitrogens is 4. The van der Waals surface area contributed by atoms with E-state index in [1.807, 2.05) is 0 Å². The molecule has 0 aliphatic carbocycles. The van der Waals surface area contributed by atoms with Crippen LogP contribution in [0.3, 0.4) is 0 Å².